The highest BCUT2D eigenvalue weighted by atomic mass is 32.3. The lowest BCUT2D eigenvalue weighted by molar-refractivity contribution is -0.0449. The summed E-state index contributed by atoms with van der Waals surface area (Å²) >= 11 is 0. The molecule has 8 nitrogen and oxygen atoms in total. The van der Waals surface area contributed by atoms with Crippen LogP contribution in [0.5, 0.6) is 0 Å². The second kappa shape index (κ2) is 22.4. The van der Waals surface area contributed by atoms with Crippen LogP contribution in [0.4, 0.5) is 0 Å². The van der Waals surface area contributed by atoms with E-state index in [2.05, 4.69) is 11.1 Å². The normalized spacial score (nSPS) is 13.6. The maximum absolute atomic E-state index is 9.72. The lowest BCUT2D eigenvalue weighted by Gasteiger charge is -2.21. The second-order valence-corrected chi connectivity index (χ2v) is 8.25. The van der Waals surface area contributed by atoms with E-state index in [-0.39, 0.29) is 25.9 Å². The van der Waals surface area contributed by atoms with E-state index < -0.39 is 16.5 Å². The van der Waals surface area contributed by atoms with Crippen LogP contribution in [0.25, 0.3) is 0 Å². The minimum absolute atomic E-state index is 0.0275. The van der Waals surface area contributed by atoms with Gasteiger partial charge in [0.15, 0.2) is 0 Å². The zero-order valence-corrected chi connectivity index (χ0v) is 19.2. The Kier molecular flexibility index (Phi) is 23.9. The fourth-order valence-corrected chi connectivity index (χ4v) is 3.06. The predicted octanol–water partition coefficient (Wildman–Crippen LogP) is 3.21. The molecule has 0 aromatic rings. The zero-order valence-electron chi connectivity index (χ0n) is 18.4. The third-order valence-corrected chi connectivity index (χ3v) is 4.81. The Bertz CT molecular complexity index is 421. The predicted molar refractivity (Wildman–Crippen MR) is 116 cm³/mol. The Morgan fingerprint density at radius 1 is 0.862 bits per heavy atom. The molecule has 5 N–H and O–H groups in total. The zero-order chi connectivity index (χ0) is 22.4. The molecule has 0 aliphatic carbocycles. The monoisotopic (exact) mass is 443 g/mol. The molecule has 0 aliphatic heterocycles. The largest absolute Gasteiger partial charge is 0.397 e. The Morgan fingerprint density at radius 2 is 1.38 bits per heavy atom. The molecule has 178 valence electrons. The van der Waals surface area contributed by atoms with Crippen LogP contribution in [0.3, 0.4) is 0 Å². The summed E-state index contributed by atoms with van der Waals surface area (Å²) in [6.45, 7) is 4.89. The first kappa shape index (κ1) is 30.9. The number of aliphatic hydroxyl groups excluding tert-OH is 2. The van der Waals surface area contributed by atoms with Gasteiger partial charge >= 0.3 is 10.4 Å². The van der Waals surface area contributed by atoms with Gasteiger partial charge in [-0.15, -0.1) is 0 Å². The first-order valence-corrected chi connectivity index (χ1v) is 12.4. The first-order chi connectivity index (χ1) is 13.8. The van der Waals surface area contributed by atoms with Crippen molar-refractivity contribution in [2.45, 2.75) is 103 Å². The molecule has 2 atom stereocenters. The molecule has 29 heavy (non-hydrogen) atoms. The van der Waals surface area contributed by atoms with Crippen molar-refractivity contribution in [1.29, 1.82) is 0 Å². The number of rotatable bonds is 19. The van der Waals surface area contributed by atoms with Crippen LogP contribution in [-0.4, -0.2) is 61.8 Å². The van der Waals surface area contributed by atoms with Crippen molar-refractivity contribution >= 4 is 10.4 Å². The van der Waals surface area contributed by atoms with Crippen LogP contribution in [-0.2, 0) is 19.3 Å². The van der Waals surface area contributed by atoms with Gasteiger partial charge in [-0.05, 0) is 19.3 Å². The number of ether oxygens (including phenoxy) is 1. The van der Waals surface area contributed by atoms with E-state index in [4.69, 9.17) is 20.1 Å². The van der Waals surface area contributed by atoms with Crippen molar-refractivity contribution in [3.63, 3.8) is 0 Å². The van der Waals surface area contributed by atoms with E-state index in [0.717, 1.165) is 6.42 Å². The fraction of sp³-hybridized carbons (Fsp3) is 1.00. The summed E-state index contributed by atoms with van der Waals surface area (Å²) in [6, 6.07) is 0. The Balaban J connectivity index is 0. The molecule has 0 radical (unpaired) electrons. The molecule has 0 fully saturated rings. The highest BCUT2D eigenvalue weighted by Gasteiger charge is 2.17. The number of aliphatic hydroxyl groups is 2. The SMILES string of the molecule is CCCCCCCCCCCCOC(CCO)C(O)CN.CCCOS(=O)(=O)O. The smallest absolute Gasteiger partial charge is 0.396 e. The highest BCUT2D eigenvalue weighted by Crippen LogP contribution is 2.11. The minimum atomic E-state index is -4.19. The molecule has 0 aliphatic rings. The highest BCUT2D eigenvalue weighted by molar-refractivity contribution is 7.80. The Labute approximate surface area is 178 Å². The van der Waals surface area contributed by atoms with Crippen molar-refractivity contribution in [2.24, 2.45) is 5.73 Å². The summed E-state index contributed by atoms with van der Waals surface area (Å²) < 4.78 is 36.9. The molecular weight excluding hydrogens is 398 g/mol. The van der Waals surface area contributed by atoms with E-state index in [9.17, 15) is 13.5 Å². The summed E-state index contributed by atoms with van der Waals surface area (Å²) in [7, 11) is -4.19. The molecule has 0 bridgehead atoms. The topological polar surface area (TPSA) is 139 Å². The van der Waals surface area contributed by atoms with Gasteiger partial charge in [-0.3, -0.25) is 4.55 Å². The van der Waals surface area contributed by atoms with Gasteiger partial charge in [-0.2, -0.15) is 8.42 Å². The molecule has 0 spiro atoms. The Morgan fingerprint density at radius 3 is 1.76 bits per heavy atom. The van der Waals surface area contributed by atoms with Gasteiger partial charge in [0, 0.05) is 19.8 Å². The van der Waals surface area contributed by atoms with E-state index in [1.807, 2.05) is 0 Å². The average Bonchev–Trinajstić information content (AvgIpc) is 2.69. The number of nitrogens with two attached hydrogens (primary N) is 1. The summed E-state index contributed by atoms with van der Waals surface area (Å²) in [5.74, 6) is 0. The van der Waals surface area contributed by atoms with E-state index in [1.165, 1.54) is 57.8 Å². The lowest BCUT2D eigenvalue weighted by atomic mass is 10.1. The van der Waals surface area contributed by atoms with Crippen LogP contribution in [0.15, 0.2) is 0 Å². The van der Waals surface area contributed by atoms with Crippen LogP contribution >= 0.6 is 0 Å². The number of hydrogen-bond acceptors (Lipinski definition) is 7. The third kappa shape index (κ3) is 25.7. The van der Waals surface area contributed by atoms with Crippen molar-refractivity contribution < 1.29 is 32.1 Å². The third-order valence-electron chi connectivity index (χ3n) is 4.35. The molecule has 0 amide bonds. The summed E-state index contributed by atoms with van der Waals surface area (Å²) in [6.07, 6.45) is 13.0. The van der Waals surface area contributed by atoms with Crippen molar-refractivity contribution in [3.8, 4) is 0 Å². The average molecular weight is 444 g/mol. The minimum Gasteiger partial charge on any atom is -0.396 e. The molecule has 0 aromatic heterocycles. The molecule has 0 saturated carbocycles. The summed E-state index contributed by atoms with van der Waals surface area (Å²) in [5.41, 5.74) is 5.42. The Hall–Kier alpha value is -0.290. The number of unbranched alkanes of at least 4 members (excludes halogenated alkanes) is 9. The molecule has 0 saturated heterocycles. The van der Waals surface area contributed by atoms with Crippen molar-refractivity contribution in [1.82, 2.24) is 0 Å². The van der Waals surface area contributed by atoms with Crippen molar-refractivity contribution in [3.05, 3.63) is 0 Å². The lowest BCUT2D eigenvalue weighted by Crippen LogP contribution is -2.36. The van der Waals surface area contributed by atoms with Gasteiger partial charge in [-0.25, -0.2) is 4.18 Å². The fourth-order valence-electron chi connectivity index (χ4n) is 2.68. The van der Waals surface area contributed by atoms with Crippen LogP contribution in [0.1, 0.15) is 90.9 Å². The quantitative estimate of drug-likeness (QED) is 0.176. The maximum Gasteiger partial charge on any atom is 0.397 e. The standard InChI is InChI=1S/C17H37NO3.C3H8O4S/c1-2-3-4-5-6-7-8-9-10-11-14-21-17(12-13-19)16(20)15-18;1-2-3-7-8(4,5)6/h16-17,19-20H,2-15,18H2,1H3;2-3H2,1H3,(H,4,5,6). The molecule has 9 heteroatoms. The summed E-state index contributed by atoms with van der Waals surface area (Å²) in [4.78, 5) is 0. The molecule has 0 aromatic carbocycles. The van der Waals surface area contributed by atoms with Crippen LogP contribution < -0.4 is 5.73 Å². The second-order valence-electron chi connectivity index (χ2n) is 7.16. The van der Waals surface area contributed by atoms with E-state index in [0.29, 0.717) is 19.4 Å². The number of hydrogen-bond donors (Lipinski definition) is 4. The van der Waals surface area contributed by atoms with Crippen molar-refractivity contribution in [2.75, 3.05) is 26.4 Å². The van der Waals surface area contributed by atoms with E-state index in [1.54, 1.807) is 6.92 Å². The molecular formula is C20H45NO7S. The van der Waals surface area contributed by atoms with Gasteiger partial charge in [0.25, 0.3) is 0 Å². The molecule has 0 rings (SSSR count). The summed E-state index contributed by atoms with van der Waals surface area (Å²) in [5, 5.41) is 18.6. The first-order valence-electron chi connectivity index (χ1n) is 11.0. The molecule has 2 unspecified atom stereocenters. The van der Waals surface area contributed by atoms with Gasteiger partial charge < -0.3 is 20.7 Å². The van der Waals surface area contributed by atoms with Crippen LogP contribution in [0.2, 0.25) is 0 Å². The van der Waals surface area contributed by atoms with E-state index >= 15 is 0 Å². The van der Waals surface area contributed by atoms with Crippen LogP contribution in [0, 0.1) is 0 Å². The maximum atomic E-state index is 9.72. The van der Waals surface area contributed by atoms with Gasteiger partial charge in [0.1, 0.15) is 0 Å². The van der Waals surface area contributed by atoms with Gasteiger partial charge in [-0.1, -0.05) is 71.6 Å². The van der Waals surface area contributed by atoms with Gasteiger partial charge in [0.05, 0.1) is 18.8 Å². The van der Waals surface area contributed by atoms with Gasteiger partial charge in [0.2, 0.25) is 0 Å². The molecule has 0 heterocycles.